The number of nitrogens with zero attached hydrogens (tertiary/aromatic N) is 3. The number of oxime groups is 1. The Morgan fingerprint density at radius 2 is 1.93 bits per heavy atom. The van der Waals surface area contributed by atoms with Crippen molar-refractivity contribution in [2.75, 3.05) is 5.32 Å². The zero-order valence-electron chi connectivity index (χ0n) is 16.5. The van der Waals surface area contributed by atoms with Crippen molar-refractivity contribution in [3.05, 3.63) is 80.0 Å². The van der Waals surface area contributed by atoms with Gasteiger partial charge in [0.25, 0.3) is 5.91 Å². The molecule has 2 heterocycles. The molecule has 1 aliphatic heterocycles. The summed E-state index contributed by atoms with van der Waals surface area (Å²) in [5.41, 5.74) is 5.22. The van der Waals surface area contributed by atoms with Crippen LogP contribution in [0.25, 0.3) is 0 Å². The molecule has 1 unspecified atom stereocenters. The maximum atomic E-state index is 12.8. The van der Waals surface area contributed by atoms with E-state index in [1.807, 2.05) is 67.1 Å². The molecule has 6 nitrogen and oxygen atoms in total. The summed E-state index contributed by atoms with van der Waals surface area (Å²) in [6.45, 7) is 4.47. The molecular weight excluding hydrogens is 512 g/mol. The Balaban J connectivity index is 1.44. The number of halogens is 2. The van der Waals surface area contributed by atoms with Crippen LogP contribution < -0.4 is 5.32 Å². The number of nitrogens with one attached hydrogen (secondary N) is 1. The third-order valence-corrected chi connectivity index (χ3v) is 6.02. The highest BCUT2D eigenvalue weighted by molar-refractivity contribution is 9.10. The lowest BCUT2D eigenvalue weighted by Gasteiger charge is -2.10. The minimum Gasteiger partial charge on any atom is -0.382 e. The minimum atomic E-state index is -0.660. The fourth-order valence-electron chi connectivity index (χ4n) is 3.35. The van der Waals surface area contributed by atoms with Crippen molar-refractivity contribution < 1.29 is 9.63 Å². The van der Waals surface area contributed by atoms with Crippen molar-refractivity contribution in [1.29, 1.82) is 0 Å². The van der Waals surface area contributed by atoms with Gasteiger partial charge in [-0.1, -0.05) is 61.3 Å². The maximum absolute atomic E-state index is 12.8. The number of anilines is 1. The highest BCUT2D eigenvalue weighted by Gasteiger charge is 2.30. The van der Waals surface area contributed by atoms with Crippen LogP contribution in [0.5, 0.6) is 0 Å². The van der Waals surface area contributed by atoms with Gasteiger partial charge in [-0.2, -0.15) is 5.10 Å². The molecule has 0 bridgehead atoms. The molecule has 0 saturated carbocycles. The number of hydrogen-bond donors (Lipinski definition) is 1. The van der Waals surface area contributed by atoms with Crippen molar-refractivity contribution >= 4 is 49.2 Å². The smallest absolute Gasteiger partial charge is 0.268 e. The molecule has 4 rings (SSSR count). The monoisotopic (exact) mass is 530 g/mol. The fraction of sp³-hybridized carbons (Fsp3) is 0.227. The van der Waals surface area contributed by atoms with Gasteiger partial charge in [0, 0.05) is 20.9 Å². The molecule has 154 valence electrons. The van der Waals surface area contributed by atoms with E-state index >= 15 is 0 Å². The third kappa shape index (κ3) is 4.49. The van der Waals surface area contributed by atoms with E-state index in [9.17, 15) is 4.79 Å². The fourth-order valence-corrected chi connectivity index (χ4v) is 4.02. The van der Waals surface area contributed by atoms with Crippen LogP contribution in [0.4, 0.5) is 5.69 Å². The highest BCUT2D eigenvalue weighted by Crippen LogP contribution is 2.24. The summed E-state index contributed by atoms with van der Waals surface area (Å²) in [5.74, 6) is -0.224. The SMILES string of the molecule is Cc1nn(Cc2ccc(Br)cc2)c(C)c1NC(=O)C1CC(c2cccc(Br)c2)=NO1. The number of carbonyl (C=O) groups excluding carboxylic acids is 1. The third-order valence-electron chi connectivity index (χ3n) is 4.99. The lowest BCUT2D eigenvalue weighted by Crippen LogP contribution is -2.28. The number of aromatic nitrogens is 2. The van der Waals surface area contributed by atoms with Gasteiger partial charge in [-0.05, 0) is 43.7 Å². The Morgan fingerprint density at radius 1 is 1.17 bits per heavy atom. The van der Waals surface area contributed by atoms with Gasteiger partial charge < -0.3 is 10.2 Å². The van der Waals surface area contributed by atoms with Crippen molar-refractivity contribution in [2.24, 2.45) is 5.16 Å². The molecule has 0 aliphatic carbocycles. The van der Waals surface area contributed by atoms with E-state index in [1.54, 1.807) is 0 Å². The van der Waals surface area contributed by atoms with Gasteiger partial charge in [0.1, 0.15) is 0 Å². The van der Waals surface area contributed by atoms with Crippen molar-refractivity contribution in [2.45, 2.75) is 32.9 Å². The summed E-state index contributed by atoms with van der Waals surface area (Å²) in [7, 11) is 0. The first-order valence-electron chi connectivity index (χ1n) is 9.48. The summed E-state index contributed by atoms with van der Waals surface area (Å²) < 4.78 is 3.89. The number of hydrogen-bond acceptors (Lipinski definition) is 4. The van der Waals surface area contributed by atoms with E-state index < -0.39 is 6.10 Å². The highest BCUT2D eigenvalue weighted by atomic mass is 79.9. The van der Waals surface area contributed by atoms with E-state index in [-0.39, 0.29) is 5.91 Å². The predicted octanol–water partition coefficient (Wildman–Crippen LogP) is 5.20. The summed E-state index contributed by atoms with van der Waals surface area (Å²) in [6.07, 6.45) is -0.236. The van der Waals surface area contributed by atoms with E-state index in [0.717, 1.165) is 42.9 Å². The molecule has 0 radical (unpaired) electrons. The van der Waals surface area contributed by atoms with Gasteiger partial charge in [0.05, 0.1) is 29.3 Å². The molecule has 30 heavy (non-hydrogen) atoms. The van der Waals surface area contributed by atoms with Crippen LogP contribution in [-0.2, 0) is 16.2 Å². The number of rotatable bonds is 5. The molecule has 0 saturated heterocycles. The van der Waals surface area contributed by atoms with E-state index in [1.165, 1.54) is 0 Å². The summed E-state index contributed by atoms with van der Waals surface area (Å²) >= 11 is 6.91. The van der Waals surface area contributed by atoms with Crippen LogP contribution >= 0.6 is 31.9 Å². The van der Waals surface area contributed by atoms with Crippen LogP contribution in [0.2, 0.25) is 0 Å². The van der Waals surface area contributed by atoms with E-state index in [4.69, 9.17) is 4.84 Å². The summed E-state index contributed by atoms with van der Waals surface area (Å²) in [4.78, 5) is 18.2. The second-order valence-electron chi connectivity index (χ2n) is 7.17. The van der Waals surface area contributed by atoms with E-state index in [2.05, 4.69) is 47.4 Å². The van der Waals surface area contributed by atoms with Crippen LogP contribution in [0.3, 0.4) is 0 Å². The van der Waals surface area contributed by atoms with Gasteiger partial charge in [0.15, 0.2) is 0 Å². The first kappa shape index (κ1) is 20.8. The average Bonchev–Trinajstić information content (AvgIpc) is 3.31. The quantitative estimate of drug-likeness (QED) is 0.491. The van der Waals surface area contributed by atoms with Crippen LogP contribution in [-0.4, -0.2) is 27.5 Å². The van der Waals surface area contributed by atoms with Crippen molar-refractivity contribution in [3.63, 3.8) is 0 Å². The number of carbonyl (C=O) groups is 1. The Morgan fingerprint density at radius 3 is 2.67 bits per heavy atom. The first-order chi connectivity index (χ1) is 14.4. The molecule has 1 amide bonds. The molecule has 8 heteroatoms. The van der Waals surface area contributed by atoms with Gasteiger partial charge in [-0.25, -0.2) is 0 Å². The second kappa shape index (κ2) is 8.73. The molecule has 2 aromatic carbocycles. The van der Waals surface area contributed by atoms with Crippen LogP contribution in [0, 0.1) is 13.8 Å². The molecule has 1 aromatic heterocycles. The molecule has 3 aromatic rings. The zero-order valence-corrected chi connectivity index (χ0v) is 19.7. The van der Waals surface area contributed by atoms with Crippen molar-refractivity contribution in [3.8, 4) is 0 Å². The largest absolute Gasteiger partial charge is 0.382 e. The Bertz CT molecular complexity index is 1120. The van der Waals surface area contributed by atoms with Crippen molar-refractivity contribution in [1.82, 2.24) is 9.78 Å². The Kier molecular flexibility index (Phi) is 6.06. The average molecular weight is 532 g/mol. The van der Waals surface area contributed by atoms with Gasteiger partial charge in [0.2, 0.25) is 6.10 Å². The molecule has 0 spiro atoms. The number of aryl methyl sites for hydroxylation is 1. The van der Waals surface area contributed by atoms with Crippen LogP contribution in [0.1, 0.15) is 28.9 Å². The minimum absolute atomic E-state index is 0.224. The Labute approximate surface area is 191 Å². The van der Waals surface area contributed by atoms with Crippen LogP contribution in [0.15, 0.2) is 62.6 Å². The van der Waals surface area contributed by atoms with E-state index in [0.29, 0.717) is 13.0 Å². The van der Waals surface area contributed by atoms with Gasteiger partial charge in [-0.15, -0.1) is 0 Å². The van der Waals surface area contributed by atoms with Gasteiger partial charge in [-0.3, -0.25) is 9.48 Å². The first-order valence-corrected chi connectivity index (χ1v) is 11.1. The normalized spacial score (nSPS) is 15.6. The molecule has 1 atom stereocenters. The molecule has 0 fully saturated rings. The summed E-state index contributed by atoms with van der Waals surface area (Å²) in [5, 5.41) is 11.7. The lowest BCUT2D eigenvalue weighted by atomic mass is 10.0. The lowest BCUT2D eigenvalue weighted by molar-refractivity contribution is -0.125. The number of benzene rings is 2. The zero-order chi connectivity index (χ0) is 21.3. The molecule has 1 aliphatic rings. The molecule has 1 N–H and O–H groups in total. The second-order valence-corrected chi connectivity index (χ2v) is 9.00. The molecular formula is C22H20Br2N4O2. The topological polar surface area (TPSA) is 68.5 Å². The summed E-state index contributed by atoms with van der Waals surface area (Å²) in [6, 6.07) is 15.9. The predicted molar refractivity (Wildman–Crippen MR) is 124 cm³/mol. The Hall–Kier alpha value is -2.45. The maximum Gasteiger partial charge on any atom is 0.268 e. The van der Waals surface area contributed by atoms with Gasteiger partial charge >= 0.3 is 0 Å². The standard InChI is InChI=1S/C22H20Br2N4O2/c1-13-21(14(2)28(26-13)12-15-6-8-17(23)9-7-15)25-22(29)20-11-19(27-30-20)16-4-3-5-18(24)10-16/h3-10,20H,11-12H2,1-2H3,(H,25,29). The number of amides is 1.